The van der Waals surface area contributed by atoms with Gasteiger partial charge in [-0.2, -0.15) is 0 Å². The van der Waals surface area contributed by atoms with Crippen molar-refractivity contribution in [2.75, 3.05) is 25.1 Å². The van der Waals surface area contributed by atoms with Crippen LogP contribution in [0.25, 0.3) is 5.57 Å². The molecule has 2 aromatic rings. The lowest BCUT2D eigenvalue weighted by Gasteiger charge is -2.36. The number of rotatable bonds is 5. The first-order chi connectivity index (χ1) is 16.2. The number of halogens is 2. The number of allylic oxidation sites excluding steroid dienone is 1. The molecule has 0 saturated carbocycles. The number of benzene rings is 2. The predicted molar refractivity (Wildman–Crippen MR) is 131 cm³/mol. The minimum absolute atomic E-state index is 0.148. The standard InChI is InChI=1S/C26H27BrFNO5/c1-4-33-25(31)18-6-5-17(13-22(18)28)29-24(30)16-11-19-20(15-7-9-32-10-8-15)14-26(2,3)34-23(19)21(27)12-16/h5-6,11-15H,4,7-10H2,1-3H3,(H,29,30). The molecule has 0 aliphatic carbocycles. The van der Waals surface area contributed by atoms with E-state index in [9.17, 15) is 14.0 Å². The minimum atomic E-state index is -0.761. The molecule has 1 N–H and O–H groups in total. The Bertz CT molecular complexity index is 1150. The average Bonchev–Trinajstić information content (AvgIpc) is 2.79. The molecule has 6 nitrogen and oxygen atoms in total. The zero-order valence-corrected chi connectivity index (χ0v) is 21.0. The summed E-state index contributed by atoms with van der Waals surface area (Å²) in [6.45, 7) is 7.22. The van der Waals surface area contributed by atoms with Crippen molar-refractivity contribution in [3.63, 3.8) is 0 Å². The van der Waals surface area contributed by atoms with Crippen LogP contribution in [-0.4, -0.2) is 37.3 Å². The summed E-state index contributed by atoms with van der Waals surface area (Å²) in [4.78, 5) is 24.9. The molecule has 0 unspecified atom stereocenters. The quantitative estimate of drug-likeness (QED) is 0.479. The smallest absolute Gasteiger partial charge is 0.341 e. The second-order valence-electron chi connectivity index (χ2n) is 8.90. The molecule has 0 aromatic heterocycles. The maximum Gasteiger partial charge on any atom is 0.341 e. The van der Waals surface area contributed by atoms with Crippen LogP contribution < -0.4 is 10.1 Å². The fourth-order valence-electron chi connectivity index (χ4n) is 4.30. The van der Waals surface area contributed by atoms with E-state index in [2.05, 4.69) is 27.3 Å². The first-order valence-electron chi connectivity index (χ1n) is 11.3. The van der Waals surface area contributed by atoms with Crippen molar-refractivity contribution in [3.8, 4) is 5.75 Å². The molecule has 0 spiro atoms. The second-order valence-corrected chi connectivity index (χ2v) is 9.75. The van der Waals surface area contributed by atoms with E-state index in [-0.39, 0.29) is 17.9 Å². The number of carbonyl (C=O) groups is 2. The Balaban J connectivity index is 1.62. The number of amides is 1. The Morgan fingerprint density at radius 3 is 2.62 bits per heavy atom. The molecular weight excluding hydrogens is 505 g/mol. The molecule has 2 aliphatic heterocycles. The van der Waals surface area contributed by atoms with E-state index in [0.717, 1.165) is 30.0 Å². The van der Waals surface area contributed by atoms with Crippen LogP contribution in [-0.2, 0) is 9.47 Å². The minimum Gasteiger partial charge on any atom is -0.482 e. The van der Waals surface area contributed by atoms with E-state index < -0.39 is 23.3 Å². The van der Waals surface area contributed by atoms with E-state index in [4.69, 9.17) is 14.2 Å². The Kier molecular flexibility index (Phi) is 7.09. The van der Waals surface area contributed by atoms with E-state index in [1.54, 1.807) is 13.0 Å². The van der Waals surface area contributed by atoms with Crippen LogP contribution >= 0.6 is 15.9 Å². The van der Waals surface area contributed by atoms with Crippen molar-refractivity contribution in [1.82, 2.24) is 0 Å². The summed E-state index contributed by atoms with van der Waals surface area (Å²) in [5, 5.41) is 2.71. The number of fused-ring (bicyclic) bond motifs is 1. The Morgan fingerprint density at radius 1 is 1.21 bits per heavy atom. The average molecular weight is 532 g/mol. The van der Waals surface area contributed by atoms with Crippen molar-refractivity contribution in [2.45, 2.75) is 39.2 Å². The predicted octanol–water partition coefficient (Wildman–Crippen LogP) is 6.00. The van der Waals surface area contributed by atoms with Gasteiger partial charge in [0.2, 0.25) is 0 Å². The summed E-state index contributed by atoms with van der Waals surface area (Å²) >= 11 is 3.57. The molecule has 0 bridgehead atoms. The number of ether oxygens (including phenoxy) is 3. The third kappa shape index (κ3) is 5.18. The lowest BCUT2D eigenvalue weighted by molar-refractivity contribution is 0.0521. The topological polar surface area (TPSA) is 73.9 Å². The third-order valence-electron chi connectivity index (χ3n) is 5.87. The summed E-state index contributed by atoms with van der Waals surface area (Å²) in [6, 6.07) is 7.39. The number of nitrogens with one attached hydrogen (secondary N) is 1. The highest BCUT2D eigenvalue weighted by Crippen LogP contribution is 2.46. The maximum absolute atomic E-state index is 14.4. The molecular formula is C26H27BrFNO5. The Morgan fingerprint density at radius 2 is 1.94 bits per heavy atom. The SMILES string of the molecule is CCOC(=O)c1ccc(NC(=O)c2cc(Br)c3c(c2)C(C2CCOCC2)=CC(C)(C)O3)cc1F. The van der Waals surface area contributed by atoms with Crippen LogP contribution in [0.2, 0.25) is 0 Å². The molecule has 1 saturated heterocycles. The van der Waals surface area contributed by atoms with Crippen molar-refractivity contribution in [3.05, 3.63) is 63.4 Å². The molecule has 4 rings (SSSR count). The number of anilines is 1. The summed E-state index contributed by atoms with van der Waals surface area (Å²) in [5.74, 6) is -0.890. The fourth-order valence-corrected chi connectivity index (χ4v) is 4.85. The summed E-state index contributed by atoms with van der Waals surface area (Å²) in [6.07, 6.45) is 3.94. The van der Waals surface area contributed by atoms with Gasteiger partial charge in [0.15, 0.2) is 0 Å². The number of hydrogen-bond acceptors (Lipinski definition) is 5. The van der Waals surface area contributed by atoms with Gasteiger partial charge in [-0.25, -0.2) is 9.18 Å². The van der Waals surface area contributed by atoms with E-state index in [1.165, 1.54) is 12.1 Å². The van der Waals surface area contributed by atoms with Gasteiger partial charge >= 0.3 is 5.97 Å². The normalized spacial score (nSPS) is 17.3. The van der Waals surface area contributed by atoms with Gasteiger partial charge in [-0.3, -0.25) is 4.79 Å². The molecule has 34 heavy (non-hydrogen) atoms. The molecule has 2 aliphatic rings. The van der Waals surface area contributed by atoms with Gasteiger partial charge in [-0.1, -0.05) is 0 Å². The van der Waals surface area contributed by atoms with Crippen molar-refractivity contribution in [1.29, 1.82) is 0 Å². The van der Waals surface area contributed by atoms with Crippen LogP contribution in [0.15, 0.2) is 40.9 Å². The maximum atomic E-state index is 14.4. The van der Waals surface area contributed by atoms with Gasteiger partial charge in [-0.15, -0.1) is 0 Å². The second kappa shape index (κ2) is 9.88. The molecule has 2 heterocycles. The molecule has 0 atom stereocenters. The van der Waals surface area contributed by atoms with Gasteiger partial charge in [0.1, 0.15) is 17.2 Å². The monoisotopic (exact) mass is 531 g/mol. The molecule has 1 fully saturated rings. The summed E-state index contributed by atoms with van der Waals surface area (Å²) < 4.78 is 31.7. The zero-order valence-electron chi connectivity index (χ0n) is 19.4. The van der Waals surface area contributed by atoms with Crippen LogP contribution in [0.1, 0.15) is 59.9 Å². The fraction of sp³-hybridized carbons (Fsp3) is 0.385. The first-order valence-corrected chi connectivity index (χ1v) is 12.1. The number of esters is 1. The van der Waals surface area contributed by atoms with Gasteiger partial charge in [0.25, 0.3) is 5.91 Å². The van der Waals surface area contributed by atoms with Gasteiger partial charge in [0.05, 0.1) is 16.6 Å². The molecule has 2 aromatic carbocycles. The van der Waals surface area contributed by atoms with Crippen molar-refractivity contribution < 1.29 is 28.2 Å². The number of carbonyl (C=O) groups excluding carboxylic acids is 2. The van der Waals surface area contributed by atoms with Gasteiger partial charge in [-0.05, 0) is 97.4 Å². The lowest BCUT2D eigenvalue weighted by Crippen LogP contribution is -2.31. The Hall–Kier alpha value is -2.71. The van der Waals surface area contributed by atoms with Crippen molar-refractivity contribution >= 4 is 39.1 Å². The van der Waals surface area contributed by atoms with Crippen LogP contribution in [0.5, 0.6) is 5.75 Å². The van der Waals surface area contributed by atoms with Gasteiger partial charge in [0, 0.05) is 30.0 Å². The summed E-state index contributed by atoms with van der Waals surface area (Å²) in [7, 11) is 0. The van der Waals surface area contributed by atoms with Crippen molar-refractivity contribution in [2.24, 2.45) is 5.92 Å². The Labute approximate surface area is 206 Å². The van der Waals surface area contributed by atoms with Crippen LogP contribution in [0.4, 0.5) is 10.1 Å². The zero-order chi connectivity index (χ0) is 24.5. The molecule has 0 radical (unpaired) electrons. The highest BCUT2D eigenvalue weighted by atomic mass is 79.9. The number of hydrogen-bond donors (Lipinski definition) is 1. The molecule has 8 heteroatoms. The highest BCUT2D eigenvalue weighted by molar-refractivity contribution is 9.10. The van der Waals surface area contributed by atoms with E-state index >= 15 is 0 Å². The summed E-state index contributed by atoms with van der Waals surface area (Å²) in [5.41, 5.74) is 2.00. The largest absolute Gasteiger partial charge is 0.482 e. The highest BCUT2D eigenvalue weighted by Gasteiger charge is 2.33. The van der Waals surface area contributed by atoms with Gasteiger partial charge < -0.3 is 19.5 Å². The molecule has 180 valence electrons. The first kappa shape index (κ1) is 24.4. The van der Waals surface area contributed by atoms with E-state index in [1.807, 2.05) is 19.9 Å². The van der Waals surface area contributed by atoms with Crippen LogP contribution in [0, 0.1) is 11.7 Å². The van der Waals surface area contributed by atoms with Crippen LogP contribution in [0.3, 0.4) is 0 Å². The van der Waals surface area contributed by atoms with E-state index in [0.29, 0.717) is 34.9 Å². The third-order valence-corrected chi connectivity index (χ3v) is 6.46. The lowest BCUT2D eigenvalue weighted by atomic mass is 9.82. The molecule has 1 amide bonds.